The van der Waals surface area contributed by atoms with Crippen LogP contribution in [0.3, 0.4) is 0 Å². The Kier molecular flexibility index (Phi) is 4.23. The van der Waals surface area contributed by atoms with Crippen LogP contribution in [0.15, 0.2) is 6.20 Å². The van der Waals surface area contributed by atoms with Crippen LogP contribution in [-0.4, -0.2) is 21.9 Å². The molecule has 18 heavy (non-hydrogen) atoms. The molecule has 2 rings (SSSR count). The number of amides is 2. The van der Waals surface area contributed by atoms with Crippen LogP contribution in [0.2, 0.25) is 0 Å². The molecule has 0 aromatic carbocycles. The van der Waals surface area contributed by atoms with Crippen molar-refractivity contribution >= 4 is 6.03 Å². The highest BCUT2D eigenvalue weighted by Gasteiger charge is 2.17. The maximum absolute atomic E-state index is 11.7. The Labute approximate surface area is 108 Å². The summed E-state index contributed by atoms with van der Waals surface area (Å²) >= 11 is 0. The fourth-order valence-electron chi connectivity index (χ4n) is 2.51. The van der Waals surface area contributed by atoms with E-state index in [1.54, 1.807) is 4.68 Å². The predicted molar refractivity (Wildman–Crippen MR) is 70.2 cm³/mol. The maximum atomic E-state index is 11.7. The number of nitrogens with zero attached hydrogens (tertiary/aromatic N) is 2. The third-order valence-corrected chi connectivity index (χ3v) is 3.46. The molecule has 1 aromatic heterocycles. The van der Waals surface area contributed by atoms with E-state index in [0.717, 1.165) is 30.5 Å². The monoisotopic (exact) mass is 250 g/mol. The van der Waals surface area contributed by atoms with Gasteiger partial charge in [-0.05, 0) is 19.3 Å². The van der Waals surface area contributed by atoms with Crippen molar-refractivity contribution in [1.82, 2.24) is 20.4 Å². The quantitative estimate of drug-likeness (QED) is 0.855. The van der Waals surface area contributed by atoms with Crippen molar-refractivity contribution < 1.29 is 4.79 Å². The minimum Gasteiger partial charge on any atom is -0.335 e. The summed E-state index contributed by atoms with van der Waals surface area (Å²) in [6.45, 7) is 2.62. The van der Waals surface area contributed by atoms with Gasteiger partial charge in [-0.15, -0.1) is 0 Å². The van der Waals surface area contributed by atoms with E-state index < -0.39 is 0 Å². The summed E-state index contributed by atoms with van der Waals surface area (Å²) in [5.74, 6) is 0. The fraction of sp³-hybridized carbons (Fsp3) is 0.692. The van der Waals surface area contributed by atoms with Gasteiger partial charge < -0.3 is 10.6 Å². The van der Waals surface area contributed by atoms with Gasteiger partial charge in [0, 0.05) is 31.4 Å². The summed E-state index contributed by atoms with van der Waals surface area (Å²) in [5, 5.41) is 10.3. The van der Waals surface area contributed by atoms with Gasteiger partial charge in [-0.25, -0.2) is 4.79 Å². The van der Waals surface area contributed by atoms with E-state index in [-0.39, 0.29) is 6.03 Å². The number of rotatable bonds is 4. The highest BCUT2D eigenvalue weighted by Crippen LogP contribution is 2.17. The molecule has 0 unspecified atom stereocenters. The molecule has 0 aliphatic heterocycles. The van der Waals surface area contributed by atoms with Crippen molar-refractivity contribution in [3.05, 3.63) is 17.5 Å². The minimum absolute atomic E-state index is 0.0622. The van der Waals surface area contributed by atoms with E-state index in [0.29, 0.717) is 12.6 Å². The highest BCUT2D eigenvalue weighted by atomic mass is 16.2. The molecular weight excluding hydrogens is 228 g/mol. The number of aromatic nitrogens is 2. The number of carbonyl (C=O) groups excluding carboxylic acids is 1. The van der Waals surface area contributed by atoms with Gasteiger partial charge in [0.1, 0.15) is 0 Å². The molecule has 0 saturated heterocycles. The van der Waals surface area contributed by atoms with Crippen molar-refractivity contribution in [2.24, 2.45) is 7.05 Å². The van der Waals surface area contributed by atoms with Crippen LogP contribution in [0.1, 0.15) is 43.9 Å². The summed E-state index contributed by atoms with van der Waals surface area (Å²) in [7, 11) is 1.90. The molecular formula is C13H22N4O. The van der Waals surface area contributed by atoms with E-state index in [1.807, 2.05) is 13.2 Å². The minimum atomic E-state index is -0.0622. The summed E-state index contributed by atoms with van der Waals surface area (Å²) in [6.07, 6.45) is 7.54. The maximum Gasteiger partial charge on any atom is 0.315 e. The normalized spacial score (nSPS) is 15.9. The third-order valence-electron chi connectivity index (χ3n) is 3.46. The largest absolute Gasteiger partial charge is 0.335 e. The average molecular weight is 250 g/mol. The molecule has 100 valence electrons. The molecule has 0 atom stereocenters. The predicted octanol–water partition coefficient (Wildman–Crippen LogP) is 1.72. The SMILES string of the molecule is CCc1nn(C)cc1CNC(=O)NC1CCCC1. The number of aryl methyl sites for hydroxylation is 2. The molecule has 1 saturated carbocycles. The van der Waals surface area contributed by atoms with Crippen molar-refractivity contribution in [3.63, 3.8) is 0 Å². The molecule has 2 N–H and O–H groups in total. The molecule has 1 aromatic rings. The second-order valence-corrected chi connectivity index (χ2v) is 4.94. The number of nitrogens with one attached hydrogen (secondary N) is 2. The van der Waals surface area contributed by atoms with Crippen LogP contribution >= 0.6 is 0 Å². The molecule has 0 bridgehead atoms. The van der Waals surface area contributed by atoms with Gasteiger partial charge in [0.05, 0.1) is 5.69 Å². The first-order chi connectivity index (χ1) is 8.69. The van der Waals surface area contributed by atoms with Crippen molar-refractivity contribution in [3.8, 4) is 0 Å². The Bertz CT molecular complexity index is 407. The van der Waals surface area contributed by atoms with Crippen LogP contribution in [0.25, 0.3) is 0 Å². The highest BCUT2D eigenvalue weighted by molar-refractivity contribution is 5.74. The van der Waals surface area contributed by atoms with Crippen molar-refractivity contribution in [1.29, 1.82) is 0 Å². The van der Waals surface area contributed by atoms with Gasteiger partial charge in [-0.1, -0.05) is 19.8 Å². The number of urea groups is 1. The topological polar surface area (TPSA) is 59.0 Å². The van der Waals surface area contributed by atoms with E-state index >= 15 is 0 Å². The van der Waals surface area contributed by atoms with E-state index in [2.05, 4.69) is 22.7 Å². The van der Waals surface area contributed by atoms with Crippen LogP contribution in [0, 0.1) is 0 Å². The van der Waals surface area contributed by atoms with Gasteiger partial charge in [0.15, 0.2) is 0 Å². The molecule has 1 aliphatic rings. The lowest BCUT2D eigenvalue weighted by molar-refractivity contribution is 0.236. The summed E-state index contributed by atoms with van der Waals surface area (Å²) in [4.78, 5) is 11.7. The average Bonchev–Trinajstić information content (AvgIpc) is 2.95. The standard InChI is InChI=1S/C13H22N4O/c1-3-12-10(9-17(2)16-12)8-14-13(18)15-11-6-4-5-7-11/h9,11H,3-8H2,1-2H3,(H2,14,15,18). The fourth-order valence-corrected chi connectivity index (χ4v) is 2.51. The van der Waals surface area contributed by atoms with Crippen LogP contribution in [-0.2, 0) is 20.0 Å². The van der Waals surface area contributed by atoms with Crippen LogP contribution in [0.4, 0.5) is 4.79 Å². The first-order valence-electron chi connectivity index (χ1n) is 6.74. The van der Waals surface area contributed by atoms with E-state index in [9.17, 15) is 4.79 Å². The number of hydrogen-bond acceptors (Lipinski definition) is 2. The van der Waals surface area contributed by atoms with Gasteiger partial charge >= 0.3 is 6.03 Å². The molecule has 1 heterocycles. The molecule has 0 radical (unpaired) electrons. The molecule has 2 amide bonds. The summed E-state index contributed by atoms with van der Waals surface area (Å²) in [5.41, 5.74) is 2.15. The Hall–Kier alpha value is -1.52. The number of carbonyl (C=O) groups is 1. The smallest absolute Gasteiger partial charge is 0.315 e. The lowest BCUT2D eigenvalue weighted by Gasteiger charge is -2.12. The lowest BCUT2D eigenvalue weighted by Crippen LogP contribution is -2.40. The molecule has 5 nitrogen and oxygen atoms in total. The zero-order chi connectivity index (χ0) is 13.0. The lowest BCUT2D eigenvalue weighted by atomic mass is 10.2. The third kappa shape index (κ3) is 3.24. The number of hydrogen-bond donors (Lipinski definition) is 2. The first-order valence-corrected chi connectivity index (χ1v) is 6.74. The van der Waals surface area contributed by atoms with Crippen LogP contribution in [0.5, 0.6) is 0 Å². The Morgan fingerprint density at radius 3 is 2.89 bits per heavy atom. The van der Waals surface area contributed by atoms with E-state index in [4.69, 9.17) is 0 Å². The Balaban J connectivity index is 1.81. The van der Waals surface area contributed by atoms with Gasteiger partial charge in [-0.2, -0.15) is 5.10 Å². The zero-order valence-corrected chi connectivity index (χ0v) is 11.2. The van der Waals surface area contributed by atoms with Gasteiger partial charge in [-0.3, -0.25) is 4.68 Å². The molecule has 0 spiro atoms. The second-order valence-electron chi connectivity index (χ2n) is 4.94. The van der Waals surface area contributed by atoms with Crippen molar-refractivity contribution in [2.45, 2.75) is 51.6 Å². The summed E-state index contributed by atoms with van der Waals surface area (Å²) in [6, 6.07) is 0.303. The Morgan fingerprint density at radius 1 is 1.50 bits per heavy atom. The Morgan fingerprint density at radius 2 is 2.22 bits per heavy atom. The van der Waals surface area contributed by atoms with Crippen molar-refractivity contribution in [2.75, 3.05) is 0 Å². The van der Waals surface area contributed by atoms with Crippen LogP contribution < -0.4 is 10.6 Å². The molecule has 1 fully saturated rings. The molecule has 5 heteroatoms. The van der Waals surface area contributed by atoms with Gasteiger partial charge in [0.25, 0.3) is 0 Å². The van der Waals surface area contributed by atoms with E-state index in [1.165, 1.54) is 12.8 Å². The second kappa shape index (κ2) is 5.89. The zero-order valence-electron chi connectivity index (χ0n) is 11.2. The van der Waals surface area contributed by atoms with Gasteiger partial charge in [0.2, 0.25) is 0 Å². The summed E-state index contributed by atoms with van der Waals surface area (Å²) < 4.78 is 1.80. The first kappa shape index (κ1) is 12.9. The molecule has 1 aliphatic carbocycles.